The topological polar surface area (TPSA) is 136 Å². The lowest BCUT2D eigenvalue weighted by molar-refractivity contribution is -0.0614. The zero-order chi connectivity index (χ0) is 22.7. The second-order valence-electron chi connectivity index (χ2n) is 7.67. The lowest BCUT2D eigenvalue weighted by Crippen LogP contribution is -2.38. The van der Waals surface area contributed by atoms with Gasteiger partial charge in [-0.15, -0.1) is 0 Å². The molecule has 0 bridgehead atoms. The third kappa shape index (κ3) is 3.41. The fraction of sp³-hybridized carbons (Fsp3) is 0.350. The minimum absolute atomic E-state index is 0.0979. The van der Waals surface area contributed by atoms with Gasteiger partial charge in [0.15, 0.2) is 22.5 Å². The van der Waals surface area contributed by atoms with Crippen molar-refractivity contribution in [3.05, 3.63) is 46.9 Å². The zero-order valence-corrected chi connectivity index (χ0v) is 19.1. The number of rotatable bonds is 4. The van der Waals surface area contributed by atoms with Gasteiger partial charge in [0.05, 0.1) is 12.3 Å². The molecular weight excluding hydrogens is 469 g/mol. The molecule has 4 aromatic rings. The largest absolute Gasteiger partial charge is 0.386 e. The highest BCUT2D eigenvalue weighted by atomic mass is 32.2. The van der Waals surface area contributed by atoms with Crippen LogP contribution in [0.4, 0.5) is 0 Å². The third-order valence-corrected chi connectivity index (χ3v) is 7.33. The third-order valence-electron chi connectivity index (χ3n) is 5.70. The molecule has 5 heterocycles. The minimum Gasteiger partial charge on any atom is -0.386 e. The summed E-state index contributed by atoms with van der Waals surface area (Å²) >= 11 is 1.41. The Balaban J connectivity index is 1.51. The first kappa shape index (κ1) is 21.2. The van der Waals surface area contributed by atoms with Crippen molar-refractivity contribution in [1.29, 1.82) is 0 Å². The molecule has 0 amide bonds. The van der Waals surface area contributed by atoms with Crippen LogP contribution in [-0.4, -0.2) is 64.6 Å². The number of nitrogens with one attached hydrogen (secondary N) is 1. The van der Waals surface area contributed by atoms with Crippen LogP contribution in [0.5, 0.6) is 0 Å². The highest BCUT2D eigenvalue weighted by molar-refractivity contribution is 7.99. The number of imidazole rings is 2. The number of thioether (sulfide) groups is 1. The van der Waals surface area contributed by atoms with Crippen LogP contribution in [0.2, 0.25) is 0 Å². The van der Waals surface area contributed by atoms with Gasteiger partial charge in [0.1, 0.15) is 18.3 Å². The smallest absolute Gasteiger partial charge is 0.330 e. The second kappa shape index (κ2) is 8.17. The number of fused-ring (bicyclic) bond motifs is 3. The Morgan fingerprint density at radius 1 is 1.30 bits per heavy atom. The normalized spacial score (nSPS) is 27.4. The molecule has 0 aliphatic carbocycles. The number of hydrogen-bond acceptors (Lipinski definition) is 9. The molecule has 33 heavy (non-hydrogen) atoms. The van der Waals surface area contributed by atoms with Crippen molar-refractivity contribution in [2.75, 3.05) is 12.4 Å². The van der Waals surface area contributed by atoms with E-state index in [2.05, 4.69) is 15.0 Å². The Morgan fingerprint density at radius 2 is 2.12 bits per heavy atom. The fourth-order valence-corrected chi connectivity index (χ4v) is 5.75. The Bertz CT molecular complexity index is 1390. The summed E-state index contributed by atoms with van der Waals surface area (Å²) in [4.78, 5) is 35.5. The Hall–Kier alpha value is -2.31. The van der Waals surface area contributed by atoms with Crippen LogP contribution in [0.1, 0.15) is 13.2 Å². The summed E-state index contributed by atoms with van der Waals surface area (Å²) in [6, 6.07) is 9.63. The van der Waals surface area contributed by atoms with Gasteiger partial charge in [-0.3, -0.25) is 9.36 Å². The number of benzene rings is 1. The second-order valence-corrected chi connectivity index (χ2v) is 9.85. The Kier molecular flexibility index (Phi) is 5.26. The standard InChI is InChI=1S/C20H20N5O6PS/c1-2-33-20-22-13-16(25(20)18-14(26)15-12(30-18)9-29-32(28)31-15)23-19-21-11(8-24(19)17(13)27)10-6-4-3-5-7-10/h3-8,12,14-15,18,26,28H,2,9H2,1H3,(H,21,23)/t12?,14?,15-,18-,32?/m1/s1. The lowest BCUT2D eigenvalue weighted by Gasteiger charge is -2.27. The molecule has 172 valence electrons. The SMILES string of the molecule is CCSc1nc2c(=O)n3cc(-c4ccccc4)[nH]c3nc2n1[C@@H]1OC2COP(O)O[C@H]2C1O. The van der Waals surface area contributed by atoms with E-state index in [0.717, 1.165) is 11.3 Å². The Morgan fingerprint density at radius 3 is 2.91 bits per heavy atom. The highest BCUT2D eigenvalue weighted by Gasteiger charge is 2.50. The maximum Gasteiger partial charge on any atom is 0.330 e. The molecule has 5 atom stereocenters. The van der Waals surface area contributed by atoms with E-state index < -0.39 is 33.1 Å². The van der Waals surface area contributed by atoms with Crippen LogP contribution in [-0.2, 0) is 13.8 Å². The van der Waals surface area contributed by atoms with E-state index >= 15 is 0 Å². The number of aliphatic hydroxyl groups excluding tert-OH is 1. The van der Waals surface area contributed by atoms with Gasteiger partial charge in [-0.25, -0.2) is 9.38 Å². The first-order valence-corrected chi connectivity index (χ1v) is 12.5. The van der Waals surface area contributed by atoms with Gasteiger partial charge in [0, 0.05) is 6.20 Å². The summed E-state index contributed by atoms with van der Waals surface area (Å²) < 4.78 is 19.7. The first-order chi connectivity index (χ1) is 16.0. The van der Waals surface area contributed by atoms with Crippen LogP contribution in [0.15, 0.2) is 46.5 Å². The number of aliphatic hydroxyl groups is 1. The molecule has 2 saturated heterocycles. The van der Waals surface area contributed by atoms with Gasteiger partial charge in [0.2, 0.25) is 5.78 Å². The summed E-state index contributed by atoms with van der Waals surface area (Å²) in [6.07, 6.45) is -1.62. The monoisotopic (exact) mass is 489 g/mol. The summed E-state index contributed by atoms with van der Waals surface area (Å²) in [5, 5.41) is 11.5. The summed E-state index contributed by atoms with van der Waals surface area (Å²) in [7, 11) is -2.07. The van der Waals surface area contributed by atoms with E-state index in [1.165, 1.54) is 16.2 Å². The number of aromatic nitrogens is 5. The molecule has 0 radical (unpaired) electrons. The van der Waals surface area contributed by atoms with Crippen molar-refractivity contribution in [2.45, 2.75) is 36.6 Å². The van der Waals surface area contributed by atoms with Crippen LogP contribution < -0.4 is 5.56 Å². The van der Waals surface area contributed by atoms with Gasteiger partial charge in [0.25, 0.3) is 5.56 Å². The quantitative estimate of drug-likeness (QED) is 0.291. The average molecular weight is 489 g/mol. The van der Waals surface area contributed by atoms with Crippen molar-refractivity contribution in [1.82, 2.24) is 23.9 Å². The molecule has 0 spiro atoms. The van der Waals surface area contributed by atoms with Gasteiger partial charge in [-0.2, -0.15) is 4.98 Å². The van der Waals surface area contributed by atoms with Crippen molar-refractivity contribution in [3.63, 3.8) is 0 Å². The predicted octanol–water partition coefficient (Wildman–Crippen LogP) is 2.04. The first-order valence-electron chi connectivity index (χ1n) is 10.4. The highest BCUT2D eigenvalue weighted by Crippen LogP contribution is 2.47. The van der Waals surface area contributed by atoms with Gasteiger partial charge in [-0.05, 0) is 11.3 Å². The lowest BCUT2D eigenvalue weighted by atomic mass is 10.1. The number of ether oxygens (including phenoxy) is 1. The molecule has 2 aliphatic heterocycles. The van der Waals surface area contributed by atoms with Crippen LogP contribution in [0, 0.1) is 0 Å². The Labute approximate surface area is 192 Å². The molecule has 6 rings (SSSR count). The number of H-pyrrole nitrogens is 1. The fourth-order valence-electron chi connectivity index (χ4n) is 4.20. The molecule has 3 unspecified atom stereocenters. The van der Waals surface area contributed by atoms with E-state index in [9.17, 15) is 14.8 Å². The number of aromatic amines is 1. The van der Waals surface area contributed by atoms with Crippen molar-refractivity contribution >= 4 is 37.3 Å². The van der Waals surface area contributed by atoms with E-state index in [1.807, 2.05) is 37.3 Å². The number of hydrogen-bond donors (Lipinski definition) is 3. The van der Waals surface area contributed by atoms with E-state index in [4.69, 9.17) is 13.8 Å². The summed E-state index contributed by atoms with van der Waals surface area (Å²) in [5.41, 5.74) is 1.81. The van der Waals surface area contributed by atoms with E-state index in [-0.39, 0.29) is 17.7 Å². The van der Waals surface area contributed by atoms with Crippen LogP contribution in [0.25, 0.3) is 28.2 Å². The van der Waals surface area contributed by atoms with Crippen LogP contribution in [0.3, 0.4) is 0 Å². The molecule has 3 aromatic heterocycles. The van der Waals surface area contributed by atoms with Gasteiger partial charge < -0.3 is 28.8 Å². The molecule has 13 heteroatoms. The minimum atomic E-state index is -2.07. The molecule has 0 saturated carbocycles. The summed E-state index contributed by atoms with van der Waals surface area (Å²) in [5.74, 6) is 1.04. The van der Waals surface area contributed by atoms with Crippen LogP contribution >= 0.6 is 20.4 Å². The maximum absolute atomic E-state index is 13.3. The van der Waals surface area contributed by atoms with Crippen molar-refractivity contribution < 1.29 is 23.8 Å². The van der Waals surface area contributed by atoms with Crippen molar-refractivity contribution in [2.24, 2.45) is 0 Å². The molecule has 1 aromatic carbocycles. The summed E-state index contributed by atoms with van der Waals surface area (Å²) in [6.45, 7) is 2.06. The molecule has 11 nitrogen and oxygen atoms in total. The molecule has 2 aliphatic rings. The van der Waals surface area contributed by atoms with Gasteiger partial charge in [-0.1, -0.05) is 49.0 Å². The van der Waals surface area contributed by atoms with E-state index in [1.54, 1.807) is 10.8 Å². The molecule has 3 N–H and O–H groups in total. The zero-order valence-electron chi connectivity index (χ0n) is 17.4. The molecule has 2 fully saturated rings. The molecular formula is C20H20N5O6PS. The van der Waals surface area contributed by atoms with Gasteiger partial charge >= 0.3 is 8.60 Å². The predicted molar refractivity (Wildman–Crippen MR) is 121 cm³/mol. The number of nitrogens with zero attached hydrogens (tertiary/aromatic N) is 4. The maximum atomic E-state index is 13.3. The van der Waals surface area contributed by atoms with Crippen molar-refractivity contribution in [3.8, 4) is 11.3 Å². The average Bonchev–Trinajstić information content (AvgIpc) is 3.49. The van der Waals surface area contributed by atoms with E-state index in [0.29, 0.717) is 22.3 Å².